The van der Waals surface area contributed by atoms with E-state index >= 15 is 0 Å². The summed E-state index contributed by atoms with van der Waals surface area (Å²) >= 11 is 0. The monoisotopic (exact) mass is 232 g/mol. The lowest BCUT2D eigenvalue weighted by molar-refractivity contribution is -0.0204. The Balaban J connectivity index is 1.99. The Kier molecular flexibility index (Phi) is 2.61. The van der Waals surface area contributed by atoms with E-state index in [0.29, 0.717) is 0 Å². The van der Waals surface area contributed by atoms with Crippen LogP contribution in [-0.2, 0) is 4.74 Å². The minimum absolute atomic E-state index is 0.0129. The second kappa shape index (κ2) is 4.13. The van der Waals surface area contributed by atoms with Crippen LogP contribution in [0.1, 0.15) is 24.6 Å². The third kappa shape index (κ3) is 1.73. The van der Waals surface area contributed by atoms with Crippen LogP contribution in [0.15, 0.2) is 24.5 Å². The quantitative estimate of drug-likeness (QED) is 0.861. The molecule has 0 spiro atoms. The van der Waals surface area contributed by atoms with Crippen LogP contribution in [0.4, 0.5) is 0 Å². The summed E-state index contributed by atoms with van der Waals surface area (Å²) in [7, 11) is 0. The van der Waals surface area contributed by atoms with Gasteiger partial charge in [0.1, 0.15) is 6.23 Å². The summed E-state index contributed by atoms with van der Waals surface area (Å²) in [5.41, 5.74) is 3.31. The summed E-state index contributed by atoms with van der Waals surface area (Å²) in [5, 5.41) is 9.09. The molecule has 0 radical (unpaired) electrons. The fraction of sp³-hybridized carbons (Fsp3) is 0.462. The number of benzene rings is 1. The normalized spacial score (nSPS) is 24.6. The Bertz CT molecular complexity index is 535. The van der Waals surface area contributed by atoms with Crippen molar-refractivity contribution in [1.29, 1.82) is 0 Å². The molecule has 0 unspecified atom stereocenters. The number of hydrogen-bond donors (Lipinski definition) is 1. The molecule has 4 nitrogen and oxygen atoms in total. The lowest BCUT2D eigenvalue weighted by atomic mass is 10.2. The van der Waals surface area contributed by atoms with Crippen molar-refractivity contribution < 1.29 is 9.84 Å². The van der Waals surface area contributed by atoms with E-state index in [-0.39, 0.29) is 18.9 Å². The molecule has 2 heterocycles. The molecule has 0 bridgehead atoms. The van der Waals surface area contributed by atoms with Crippen LogP contribution >= 0.6 is 0 Å². The molecular formula is C13H16N2O2. The van der Waals surface area contributed by atoms with Crippen LogP contribution < -0.4 is 0 Å². The fourth-order valence-corrected chi connectivity index (χ4v) is 2.46. The summed E-state index contributed by atoms with van der Waals surface area (Å²) < 4.78 is 7.84. The molecule has 2 aromatic rings. The molecule has 17 heavy (non-hydrogen) atoms. The van der Waals surface area contributed by atoms with Crippen LogP contribution in [0.3, 0.4) is 0 Å². The topological polar surface area (TPSA) is 47.3 Å². The maximum Gasteiger partial charge on any atom is 0.135 e. The molecule has 1 N–H and O–H groups in total. The maximum absolute atomic E-state index is 9.09. The standard InChI is InChI=1S/C13H16N2O2/c1-9-3-2-4-11-13(9)14-8-15(11)12-6-5-10(7-16)17-12/h2-4,8,10,12,16H,5-7H2,1H3/t10-,12+/m0/s1. The number of fused-ring (bicyclic) bond motifs is 1. The summed E-state index contributed by atoms with van der Waals surface area (Å²) in [6, 6.07) is 6.16. The van der Waals surface area contributed by atoms with Gasteiger partial charge in [0.25, 0.3) is 0 Å². The van der Waals surface area contributed by atoms with Gasteiger partial charge in [-0.25, -0.2) is 4.98 Å². The average molecular weight is 232 g/mol. The molecule has 1 aromatic heterocycles. The average Bonchev–Trinajstić information content (AvgIpc) is 2.94. The Morgan fingerprint density at radius 3 is 3.12 bits per heavy atom. The van der Waals surface area contributed by atoms with Gasteiger partial charge in [-0.1, -0.05) is 12.1 Å². The van der Waals surface area contributed by atoms with Crippen molar-refractivity contribution in [3.05, 3.63) is 30.1 Å². The number of ether oxygens (including phenoxy) is 1. The summed E-state index contributed by atoms with van der Waals surface area (Å²) in [6.07, 6.45) is 3.67. The van der Waals surface area contributed by atoms with E-state index in [1.54, 1.807) is 0 Å². The maximum atomic E-state index is 9.09. The number of hydrogen-bond acceptors (Lipinski definition) is 3. The van der Waals surface area contributed by atoms with Crippen molar-refractivity contribution in [1.82, 2.24) is 9.55 Å². The molecular weight excluding hydrogens is 216 g/mol. The highest BCUT2D eigenvalue weighted by Gasteiger charge is 2.26. The molecule has 4 heteroatoms. The van der Waals surface area contributed by atoms with Gasteiger partial charge in [0.2, 0.25) is 0 Å². The summed E-state index contributed by atoms with van der Waals surface area (Å²) in [5.74, 6) is 0. The van der Waals surface area contributed by atoms with E-state index in [9.17, 15) is 0 Å². The minimum Gasteiger partial charge on any atom is -0.394 e. The van der Waals surface area contributed by atoms with Gasteiger partial charge in [-0.2, -0.15) is 0 Å². The molecule has 0 amide bonds. The highest BCUT2D eigenvalue weighted by atomic mass is 16.5. The fourth-order valence-electron chi connectivity index (χ4n) is 2.46. The van der Waals surface area contributed by atoms with Gasteiger partial charge < -0.3 is 14.4 Å². The number of nitrogens with zero attached hydrogens (tertiary/aromatic N) is 2. The van der Waals surface area contributed by atoms with Crippen molar-refractivity contribution in [2.45, 2.75) is 32.1 Å². The third-order valence-electron chi connectivity index (χ3n) is 3.40. The van der Waals surface area contributed by atoms with E-state index in [2.05, 4.69) is 28.6 Å². The Morgan fingerprint density at radius 1 is 1.47 bits per heavy atom. The van der Waals surface area contributed by atoms with Crippen LogP contribution in [-0.4, -0.2) is 27.4 Å². The summed E-state index contributed by atoms with van der Waals surface area (Å²) in [6.45, 7) is 2.16. The SMILES string of the molecule is Cc1cccc2c1ncn2[C@H]1CC[C@@H](CO)O1. The van der Waals surface area contributed by atoms with Crippen molar-refractivity contribution in [2.24, 2.45) is 0 Å². The Hall–Kier alpha value is -1.39. The predicted molar refractivity (Wildman–Crippen MR) is 64.7 cm³/mol. The molecule has 0 aliphatic carbocycles. The van der Waals surface area contributed by atoms with E-state index in [1.807, 2.05) is 12.4 Å². The Morgan fingerprint density at radius 2 is 2.35 bits per heavy atom. The first-order valence-electron chi connectivity index (χ1n) is 5.98. The van der Waals surface area contributed by atoms with Gasteiger partial charge in [0.15, 0.2) is 0 Å². The number of aryl methyl sites for hydroxylation is 1. The van der Waals surface area contributed by atoms with Crippen LogP contribution in [0.5, 0.6) is 0 Å². The smallest absolute Gasteiger partial charge is 0.135 e. The van der Waals surface area contributed by atoms with Crippen molar-refractivity contribution in [3.8, 4) is 0 Å². The van der Waals surface area contributed by atoms with Gasteiger partial charge in [-0.3, -0.25) is 0 Å². The van der Waals surface area contributed by atoms with Crippen molar-refractivity contribution in [2.75, 3.05) is 6.61 Å². The lowest BCUT2D eigenvalue weighted by Gasteiger charge is -2.14. The third-order valence-corrected chi connectivity index (χ3v) is 3.40. The minimum atomic E-state index is -0.0257. The highest BCUT2D eigenvalue weighted by Crippen LogP contribution is 2.31. The largest absolute Gasteiger partial charge is 0.394 e. The zero-order chi connectivity index (χ0) is 11.8. The number of imidazole rings is 1. The number of rotatable bonds is 2. The molecule has 1 saturated heterocycles. The summed E-state index contributed by atoms with van der Waals surface area (Å²) in [4.78, 5) is 4.43. The van der Waals surface area contributed by atoms with E-state index in [0.717, 1.165) is 23.9 Å². The van der Waals surface area contributed by atoms with Crippen LogP contribution in [0.25, 0.3) is 11.0 Å². The second-order valence-electron chi connectivity index (χ2n) is 4.57. The first-order chi connectivity index (χ1) is 8.29. The lowest BCUT2D eigenvalue weighted by Crippen LogP contribution is -2.13. The zero-order valence-corrected chi connectivity index (χ0v) is 9.84. The van der Waals surface area contributed by atoms with Crippen molar-refractivity contribution in [3.63, 3.8) is 0 Å². The molecule has 2 atom stereocenters. The van der Waals surface area contributed by atoms with Crippen LogP contribution in [0.2, 0.25) is 0 Å². The highest BCUT2D eigenvalue weighted by molar-refractivity contribution is 5.78. The number of para-hydroxylation sites is 1. The van der Waals surface area contributed by atoms with Gasteiger partial charge in [-0.05, 0) is 31.4 Å². The molecule has 90 valence electrons. The number of aliphatic hydroxyl groups is 1. The van der Waals surface area contributed by atoms with Crippen molar-refractivity contribution >= 4 is 11.0 Å². The zero-order valence-electron chi connectivity index (χ0n) is 9.84. The number of aliphatic hydroxyl groups excluding tert-OH is 1. The Labute approximate surface area is 99.8 Å². The van der Waals surface area contributed by atoms with Gasteiger partial charge in [0.05, 0.1) is 30.1 Å². The molecule has 1 aliphatic heterocycles. The van der Waals surface area contributed by atoms with E-state index in [4.69, 9.17) is 9.84 Å². The molecule has 1 aromatic carbocycles. The first-order valence-corrected chi connectivity index (χ1v) is 5.98. The predicted octanol–water partition coefficient (Wildman–Crippen LogP) is 2.01. The van der Waals surface area contributed by atoms with Crippen LogP contribution in [0, 0.1) is 6.92 Å². The number of aromatic nitrogens is 2. The molecule has 0 saturated carbocycles. The van der Waals surface area contributed by atoms with Gasteiger partial charge >= 0.3 is 0 Å². The van der Waals surface area contributed by atoms with Gasteiger partial charge in [0, 0.05) is 0 Å². The molecule has 3 rings (SSSR count). The first kappa shape index (κ1) is 10.7. The molecule has 1 fully saturated rings. The van der Waals surface area contributed by atoms with E-state index < -0.39 is 0 Å². The second-order valence-corrected chi connectivity index (χ2v) is 4.57. The van der Waals surface area contributed by atoms with E-state index in [1.165, 1.54) is 5.56 Å². The van der Waals surface area contributed by atoms with Gasteiger partial charge in [-0.15, -0.1) is 0 Å². The molecule has 1 aliphatic rings.